The highest BCUT2D eigenvalue weighted by Crippen LogP contribution is 2.23. The van der Waals surface area contributed by atoms with Crippen molar-refractivity contribution < 1.29 is 9.59 Å². The number of carbonyl (C=O) groups excluding carboxylic acids is 2. The van der Waals surface area contributed by atoms with E-state index in [2.05, 4.69) is 29.1 Å². The summed E-state index contributed by atoms with van der Waals surface area (Å²) >= 11 is 0. The Hall–Kier alpha value is -1.14. The number of piperidine rings is 1. The second-order valence-corrected chi connectivity index (χ2v) is 8.65. The molecule has 1 aliphatic carbocycles. The fraction of sp³-hybridized carbons (Fsp3) is 0.900. The van der Waals surface area contributed by atoms with E-state index < -0.39 is 0 Å². The lowest BCUT2D eigenvalue weighted by Crippen LogP contribution is -2.54. The number of amides is 2. The Morgan fingerprint density at radius 2 is 1.54 bits per heavy atom. The van der Waals surface area contributed by atoms with Crippen molar-refractivity contribution >= 4 is 11.8 Å². The van der Waals surface area contributed by atoms with Gasteiger partial charge in [0, 0.05) is 51.4 Å². The van der Waals surface area contributed by atoms with E-state index in [1.54, 1.807) is 4.90 Å². The van der Waals surface area contributed by atoms with E-state index in [-0.39, 0.29) is 17.9 Å². The molecule has 2 aliphatic heterocycles. The van der Waals surface area contributed by atoms with Gasteiger partial charge >= 0.3 is 11.8 Å². The number of likely N-dealkylation sites (N-methyl/N-ethyl adjacent to an activating group) is 1. The molecule has 148 valence electrons. The molecule has 0 aromatic rings. The molecule has 1 N–H and O–H groups in total. The lowest BCUT2D eigenvalue weighted by Gasteiger charge is -2.41. The van der Waals surface area contributed by atoms with Gasteiger partial charge in [-0.1, -0.05) is 19.8 Å². The highest BCUT2D eigenvalue weighted by Gasteiger charge is 2.31. The maximum atomic E-state index is 12.5. The van der Waals surface area contributed by atoms with Crippen molar-refractivity contribution in [2.45, 2.75) is 64.0 Å². The third kappa shape index (κ3) is 5.19. The maximum Gasteiger partial charge on any atom is 0.311 e. The smallest absolute Gasteiger partial charge is 0.311 e. The first kappa shape index (κ1) is 19.6. The van der Waals surface area contributed by atoms with Gasteiger partial charge in [0.1, 0.15) is 0 Å². The normalized spacial score (nSPS) is 30.0. The zero-order valence-corrected chi connectivity index (χ0v) is 16.6. The number of carbonyl (C=O) groups is 2. The average molecular weight is 365 g/mol. The highest BCUT2D eigenvalue weighted by atomic mass is 16.2. The molecule has 3 rings (SSSR count). The Bertz CT molecular complexity index is 482. The molecule has 0 radical (unpaired) electrons. The van der Waals surface area contributed by atoms with E-state index in [9.17, 15) is 9.59 Å². The van der Waals surface area contributed by atoms with Crippen LogP contribution in [0.4, 0.5) is 0 Å². The molecule has 26 heavy (non-hydrogen) atoms. The zero-order chi connectivity index (χ0) is 18.5. The van der Waals surface area contributed by atoms with Crippen molar-refractivity contribution in [1.29, 1.82) is 0 Å². The van der Waals surface area contributed by atoms with Crippen LogP contribution in [0.2, 0.25) is 0 Å². The minimum Gasteiger partial charge on any atom is -0.345 e. The van der Waals surface area contributed by atoms with Crippen molar-refractivity contribution in [3.63, 3.8) is 0 Å². The largest absolute Gasteiger partial charge is 0.345 e. The molecule has 2 atom stereocenters. The molecule has 0 aromatic heterocycles. The minimum atomic E-state index is -0.386. The van der Waals surface area contributed by atoms with Gasteiger partial charge in [0.2, 0.25) is 0 Å². The number of nitrogens with zero attached hydrogens (tertiary/aromatic N) is 3. The SMILES string of the molecule is CC1CCCC(NC(=O)C(=O)N2CCC(N3CCN(C)CC3)CC2)CC1. The Morgan fingerprint density at radius 1 is 0.846 bits per heavy atom. The van der Waals surface area contributed by atoms with Crippen LogP contribution < -0.4 is 5.32 Å². The van der Waals surface area contributed by atoms with E-state index in [0.29, 0.717) is 19.1 Å². The first-order valence-corrected chi connectivity index (χ1v) is 10.6. The fourth-order valence-electron chi connectivity index (χ4n) is 4.64. The van der Waals surface area contributed by atoms with Crippen LogP contribution >= 0.6 is 0 Å². The Balaban J connectivity index is 1.42. The van der Waals surface area contributed by atoms with Crippen LogP contribution in [0.1, 0.15) is 51.9 Å². The lowest BCUT2D eigenvalue weighted by atomic mass is 10.0. The fourth-order valence-corrected chi connectivity index (χ4v) is 4.64. The van der Waals surface area contributed by atoms with Gasteiger partial charge in [0.25, 0.3) is 0 Å². The van der Waals surface area contributed by atoms with E-state index in [0.717, 1.165) is 70.6 Å². The summed E-state index contributed by atoms with van der Waals surface area (Å²) in [6.07, 6.45) is 7.53. The summed E-state index contributed by atoms with van der Waals surface area (Å²) in [6.45, 7) is 8.20. The van der Waals surface area contributed by atoms with Gasteiger partial charge in [-0.25, -0.2) is 0 Å². The molecule has 6 heteroatoms. The number of hydrogen-bond acceptors (Lipinski definition) is 4. The molecule has 6 nitrogen and oxygen atoms in total. The second kappa shape index (κ2) is 9.18. The number of hydrogen-bond donors (Lipinski definition) is 1. The van der Waals surface area contributed by atoms with Crippen LogP contribution in [0.25, 0.3) is 0 Å². The van der Waals surface area contributed by atoms with Crippen molar-refractivity contribution in [2.24, 2.45) is 5.92 Å². The van der Waals surface area contributed by atoms with E-state index in [1.165, 1.54) is 6.42 Å². The molecule has 3 fully saturated rings. The van der Waals surface area contributed by atoms with Gasteiger partial charge in [-0.2, -0.15) is 0 Å². The number of nitrogens with one attached hydrogen (secondary N) is 1. The predicted octanol–water partition coefficient (Wildman–Crippen LogP) is 1.31. The number of rotatable bonds is 2. The number of likely N-dealkylation sites (tertiary alicyclic amines) is 1. The zero-order valence-electron chi connectivity index (χ0n) is 16.6. The molecule has 2 heterocycles. The molecular weight excluding hydrogens is 328 g/mol. The van der Waals surface area contributed by atoms with Gasteiger partial charge in [-0.3, -0.25) is 14.5 Å². The topological polar surface area (TPSA) is 55.9 Å². The van der Waals surface area contributed by atoms with Crippen LogP contribution in [0.15, 0.2) is 0 Å². The Morgan fingerprint density at radius 3 is 2.23 bits per heavy atom. The first-order chi connectivity index (χ1) is 12.5. The van der Waals surface area contributed by atoms with Crippen LogP contribution in [-0.2, 0) is 9.59 Å². The molecule has 0 spiro atoms. The van der Waals surface area contributed by atoms with E-state index in [1.807, 2.05) is 0 Å². The van der Waals surface area contributed by atoms with Crippen molar-refractivity contribution in [1.82, 2.24) is 20.0 Å². The molecule has 2 amide bonds. The van der Waals surface area contributed by atoms with Crippen LogP contribution in [0, 0.1) is 5.92 Å². The molecule has 0 aromatic carbocycles. The third-order valence-electron chi connectivity index (χ3n) is 6.59. The second-order valence-electron chi connectivity index (χ2n) is 8.65. The van der Waals surface area contributed by atoms with Gasteiger partial charge in [0.05, 0.1) is 0 Å². The van der Waals surface area contributed by atoms with Crippen molar-refractivity contribution in [3.8, 4) is 0 Å². The summed E-state index contributed by atoms with van der Waals surface area (Å²) < 4.78 is 0. The third-order valence-corrected chi connectivity index (χ3v) is 6.59. The van der Waals surface area contributed by atoms with E-state index >= 15 is 0 Å². The summed E-state index contributed by atoms with van der Waals surface area (Å²) in [5.74, 6) is 0.0305. The van der Waals surface area contributed by atoms with Crippen molar-refractivity contribution in [2.75, 3.05) is 46.3 Å². The van der Waals surface area contributed by atoms with Gasteiger partial charge in [0.15, 0.2) is 0 Å². The van der Waals surface area contributed by atoms with Crippen LogP contribution in [0.3, 0.4) is 0 Å². The predicted molar refractivity (Wildman–Crippen MR) is 103 cm³/mol. The van der Waals surface area contributed by atoms with Crippen molar-refractivity contribution in [3.05, 3.63) is 0 Å². The van der Waals surface area contributed by atoms with Crippen LogP contribution in [-0.4, -0.2) is 84.9 Å². The summed E-state index contributed by atoms with van der Waals surface area (Å²) in [6, 6.07) is 0.749. The molecular formula is C20H36N4O2. The highest BCUT2D eigenvalue weighted by molar-refractivity contribution is 6.35. The van der Waals surface area contributed by atoms with Gasteiger partial charge in [-0.05, 0) is 45.1 Å². The monoisotopic (exact) mass is 364 g/mol. The summed E-state index contributed by atoms with van der Waals surface area (Å²) in [5.41, 5.74) is 0. The molecule has 0 bridgehead atoms. The molecule has 3 aliphatic rings. The minimum absolute atomic E-state index is 0.180. The average Bonchev–Trinajstić information content (AvgIpc) is 2.86. The van der Waals surface area contributed by atoms with Gasteiger partial charge < -0.3 is 15.1 Å². The first-order valence-electron chi connectivity index (χ1n) is 10.6. The molecule has 1 saturated carbocycles. The lowest BCUT2D eigenvalue weighted by molar-refractivity contribution is -0.147. The summed E-state index contributed by atoms with van der Waals surface area (Å²) in [5, 5.41) is 3.01. The Kier molecular flexibility index (Phi) is 6.92. The summed E-state index contributed by atoms with van der Waals surface area (Å²) in [7, 11) is 2.17. The number of piperazine rings is 1. The maximum absolute atomic E-state index is 12.5. The van der Waals surface area contributed by atoms with E-state index in [4.69, 9.17) is 0 Å². The summed E-state index contributed by atoms with van der Waals surface area (Å²) in [4.78, 5) is 31.6. The standard InChI is InChI=1S/C20H36N4O2/c1-16-4-3-5-17(7-6-16)21-19(25)20(26)24-10-8-18(9-11-24)23-14-12-22(2)13-15-23/h16-18H,3-15H2,1-2H3,(H,21,25). The van der Waals surface area contributed by atoms with Gasteiger partial charge in [-0.15, -0.1) is 0 Å². The quantitative estimate of drug-likeness (QED) is 0.593. The Labute approximate surface area is 158 Å². The molecule has 2 saturated heterocycles. The molecule has 2 unspecified atom stereocenters. The van der Waals surface area contributed by atoms with Crippen LogP contribution in [0.5, 0.6) is 0 Å².